The van der Waals surface area contributed by atoms with Crippen LogP contribution in [-0.2, 0) is 22.7 Å². The van der Waals surface area contributed by atoms with Crippen molar-refractivity contribution in [1.29, 1.82) is 0 Å². The Kier molecular flexibility index (Phi) is 5.31. The van der Waals surface area contributed by atoms with Gasteiger partial charge in [0.1, 0.15) is 11.1 Å². The average Bonchev–Trinajstić information content (AvgIpc) is 2.72. The normalized spacial score (nSPS) is 18.3. The van der Waals surface area contributed by atoms with Crippen molar-refractivity contribution in [1.82, 2.24) is 4.31 Å². The quantitative estimate of drug-likeness (QED) is 0.567. The molecule has 1 aliphatic heterocycles. The van der Waals surface area contributed by atoms with Crippen molar-refractivity contribution in [2.75, 3.05) is 5.32 Å². The number of hydrogen-bond acceptors (Lipinski definition) is 3. The van der Waals surface area contributed by atoms with E-state index >= 15 is 0 Å². The second-order valence-electron chi connectivity index (χ2n) is 7.64. The Morgan fingerprint density at radius 2 is 1.65 bits per heavy atom. The maximum absolute atomic E-state index is 13.5. The molecule has 1 heterocycles. The topological polar surface area (TPSA) is 49.4 Å². The van der Waals surface area contributed by atoms with Crippen LogP contribution in [0.2, 0.25) is 0 Å². The van der Waals surface area contributed by atoms with E-state index in [0.717, 1.165) is 28.8 Å². The molecule has 4 nitrogen and oxygen atoms in total. The number of para-hydroxylation sites is 1. The maximum Gasteiger partial charge on any atom is 0.416 e. The molecule has 0 fully saturated rings. The van der Waals surface area contributed by atoms with Gasteiger partial charge in [0.2, 0.25) is 10.0 Å². The standard InChI is InChI=1S/C23H21F3N2O2S/c1-15-7-8-16(2)18(13-15)14-28-22(17-9-11-19(12-10-17)23(24,25)26)27-20-5-3-4-6-21(20)31(28,29)30/h3-13,22,27H,14H2,1-2H3. The molecule has 0 aliphatic carbocycles. The van der Waals surface area contributed by atoms with Gasteiger partial charge in [-0.3, -0.25) is 0 Å². The van der Waals surface area contributed by atoms with Crippen LogP contribution in [0.1, 0.15) is 34.0 Å². The number of rotatable bonds is 3. The van der Waals surface area contributed by atoms with Gasteiger partial charge in [-0.15, -0.1) is 0 Å². The lowest BCUT2D eigenvalue weighted by Crippen LogP contribution is -2.42. The fourth-order valence-corrected chi connectivity index (χ4v) is 5.38. The number of fused-ring (bicyclic) bond motifs is 1. The highest BCUT2D eigenvalue weighted by molar-refractivity contribution is 7.89. The molecule has 3 aromatic rings. The van der Waals surface area contributed by atoms with Crippen LogP contribution >= 0.6 is 0 Å². The molecule has 0 radical (unpaired) electrons. The summed E-state index contributed by atoms with van der Waals surface area (Å²) in [7, 11) is -3.90. The van der Waals surface area contributed by atoms with Crippen LogP contribution in [0, 0.1) is 13.8 Å². The van der Waals surface area contributed by atoms with Crippen molar-refractivity contribution in [2.24, 2.45) is 0 Å². The molecular formula is C23H21F3N2O2S. The largest absolute Gasteiger partial charge is 0.416 e. The van der Waals surface area contributed by atoms with Crippen LogP contribution in [0.5, 0.6) is 0 Å². The molecule has 0 bridgehead atoms. The van der Waals surface area contributed by atoms with Gasteiger partial charge in [0, 0.05) is 6.54 Å². The number of aryl methyl sites for hydroxylation is 2. The lowest BCUT2D eigenvalue weighted by molar-refractivity contribution is -0.137. The first-order chi connectivity index (χ1) is 14.6. The summed E-state index contributed by atoms with van der Waals surface area (Å²) in [5, 5.41) is 3.20. The number of hydrogen-bond donors (Lipinski definition) is 1. The van der Waals surface area contributed by atoms with Crippen molar-refractivity contribution < 1.29 is 21.6 Å². The van der Waals surface area contributed by atoms with Gasteiger partial charge in [0.05, 0.1) is 11.3 Å². The Bertz CT molecular complexity index is 1220. The lowest BCUT2D eigenvalue weighted by atomic mass is 10.0. The van der Waals surface area contributed by atoms with Gasteiger partial charge in [-0.2, -0.15) is 17.5 Å². The fraction of sp³-hybridized carbons (Fsp3) is 0.217. The summed E-state index contributed by atoms with van der Waals surface area (Å²) in [5.41, 5.74) is 2.83. The van der Waals surface area contributed by atoms with Gasteiger partial charge in [-0.1, -0.05) is 48.0 Å². The zero-order valence-corrected chi connectivity index (χ0v) is 17.8. The molecule has 3 aromatic carbocycles. The van der Waals surface area contributed by atoms with Crippen molar-refractivity contribution in [3.8, 4) is 0 Å². The smallest absolute Gasteiger partial charge is 0.364 e. The van der Waals surface area contributed by atoms with Gasteiger partial charge in [-0.25, -0.2) is 8.42 Å². The van der Waals surface area contributed by atoms with E-state index in [0.29, 0.717) is 11.3 Å². The minimum absolute atomic E-state index is 0.0862. The molecule has 0 aromatic heterocycles. The SMILES string of the molecule is Cc1ccc(C)c(CN2C(c3ccc(C(F)(F)F)cc3)Nc3ccccc3S2(=O)=O)c1. The van der Waals surface area contributed by atoms with Gasteiger partial charge < -0.3 is 5.32 Å². The summed E-state index contributed by atoms with van der Waals surface area (Å²) in [4.78, 5) is 0.142. The fourth-order valence-electron chi connectivity index (χ4n) is 3.71. The summed E-state index contributed by atoms with van der Waals surface area (Å²) in [6.45, 7) is 3.91. The molecule has 162 valence electrons. The van der Waals surface area contributed by atoms with Gasteiger partial charge >= 0.3 is 6.18 Å². The highest BCUT2D eigenvalue weighted by Crippen LogP contribution is 2.40. The number of benzene rings is 3. The molecule has 0 spiro atoms. The van der Waals surface area contributed by atoms with Crippen LogP contribution in [0.25, 0.3) is 0 Å². The Labute approximate surface area is 179 Å². The van der Waals surface area contributed by atoms with Crippen molar-refractivity contribution >= 4 is 15.7 Å². The monoisotopic (exact) mass is 446 g/mol. The molecule has 1 atom stereocenters. The summed E-state index contributed by atoms with van der Waals surface area (Å²) in [6, 6.07) is 16.9. The Morgan fingerprint density at radius 3 is 2.32 bits per heavy atom. The van der Waals surface area contributed by atoms with Crippen LogP contribution in [0.3, 0.4) is 0 Å². The summed E-state index contributed by atoms with van der Waals surface area (Å²) >= 11 is 0. The van der Waals surface area contributed by atoms with E-state index in [1.807, 2.05) is 32.0 Å². The molecule has 0 amide bonds. The number of nitrogens with zero attached hydrogens (tertiary/aromatic N) is 1. The third-order valence-corrected chi connectivity index (χ3v) is 7.31. The molecule has 0 saturated carbocycles. The maximum atomic E-state index is 13.5. The van der Waals surface area contributed by atoms with E-state index < -0.39 is 27.9 Å². The van der Waals surface area contributed by atoms with E-state index in [1.54, 1.807) is 18.2 Å². The van der Waals surface area contributed by atoms with E-state index in [4.69, 9.17) is 0 Å². The average molecular weight is 446 g/mol. The molecule has 1 aliphatic rings. The predicted octanol–water partition coefficient (Wildman–Crippen LogP) is 5.64. The minimum Gasteiger partial charge on any atom is -0.364 e. The molecule has 8 heteroatoms. The summed E-state index contributed by atoms with van der Waals surface area (Å²) in [5.74, 6) is 0. The van der Waals surface area contributed by atoms with Crippen LogP contribution in [0.4, 0.5) is 18.9 Å². The number of anilines is 1. The second-order valence-corrected chi connectivity index (χ2v) is 9.50. The van der Waals surface area contributed by atoms with E-state index in [1.165, 1.54) is 22.5 Å². The van der Waals surface area contributed by atoms with E-state index in [2.05, 4.69) is 5.32 Å². The first-order valence-corrected chi connectivity index (χ1v) is 11.1. The molecule has 31 heavy (non-hydrogen) atoms. The molecule has 0 saturated heterocycles. The highest BCUT2D eigenvalue weighted by Gasteiger charge is 2.39. The lowest BCUT2D eigenvalue weighted by Gasteiger charge is -2.37. The van der Waals surface area contributed by atoms with Crippen LogP contribution < -0.4 is 5.32 Å². The van der Waals surface area contributed by atoms with Crippen molar-refractivity contribution in [3.05, 3.63) is 94.5 Å². The van der Waals surface area contributed by atoms with Gasteiger partial charge in [0.25, 0.3) is 0 Å². The predicted molar refractivity (Wildman–Crippen MR) is 113 cm³/mol. The first kappa shape index (κ1) is 21.4. The number of sulfonamides is 1. The van der Waals surface area contributed by atoms with Gasteiger partial charge in [0.15, 0.2) is 0 Å². The van der Waals surface area contributed by atoms with Crippen molar-refractivity contribution in [2.45, 2.75) is 37.6 Å². The van der Waals surface area contributed by atoms with Crippen molar-refractivity contribution in [3.63, 3.8) is 0 Å². The van der Waals surface area contributed by atoms with Crippen LogP contribution in [-0.4, -0.2) is 12.7 Å². The Morgan fingerprint density at radius 1 is 0.968 bits per heavy atom. The van der Waals surface area contributed by atoms with E-state index in [9.17, 15) is 21.6 Å². The number of alkyl halides is 3. The first-order valence-electron chi connectivity index (χ1n) is 9.68. The van der Waals surface area contributed by atoms with Crippen LogP contribution in [0.15, 0.2) is 71.6 Å². The minimum atomic E-state index is -4.46. The highest BCUT2D eigenvalue weighted by atomic mass is 32.2. The summed E-state index contributed by atoms with van der Waals surface area (Å²) in [6.07, 6.45) is -5.31. The number of nitrogens with one attached hydrogen (secondary N) is 1. The molecule has 4 rings (SSSR count). The second kappa shape index (κ2) is 7.69. The Balaban J connectivity index is 1.82. The van der Waals surface area contributed by atoms with Gasteiger partial charge in [-0.05, 0) is 54.8 Å². The molecule has 1 unspecified atom stereocenters. The zero-order chi connectivity index (χ0) is 22.4. The third-order valence-electron chi connectivity index (χ3n) is 5.44. The third kappa shape index (κ3) is 4.05. The van der Waals surface area contributed by atoms with E-state index in [-0.39, 0.29) is 11.4 Å². The summed E-state index contributed by atoms with van der Waals surface area (Å²) < 4.78 is 67.4. The zero-order valence-electron chi connectivity index (χ0n) is 16.9. The molecule has 1 N–H and O–H groups in total. The number of halogens is 3. The molecular weight excluding hydrogens is 425 g/mol. The Hall–Kier alpha value is -2.84.